The number of hydrogen-bond acceptors (Lipinski definition) is 7. The van der Waals surface area contributed by atoms with E-state index in [2.05, 4.69) is 20.7 Å². The van der Waals surface area contributed by atoms with Crippen molar-refractivity contribution < 1.29 is 14.8 Å². The van der Waals surface area contributed by atoms with E-state index in [9.17, 15) is 9.59 Å². The highest BCUT2D eigenvalue weighted by Crippen LogP contribution is 2.24. The molecule has 0 saturated carbocycles. The maximum atomic E-state index is 12.5. The monoisotopic (exact) mass is 415 g/mol. The molecule has 0 radical (unpaired) electrons. The van der Waals surface area contributed by atoms with Gasteiger partial charge in [-0.1, -0.05) is 23.7 Å². The number of rotatable bonds is 6. The van der Waals surface area contributed by atoms with E-state index in [1.807, 2.05) is 0 Å². The third-order valence-corrected chi connectivity index (χ3v) is 4.67. The smallest absolute Gasteiger partial charge is 0.269 e. The molecule has 0 spiro atoms. The van der Waals surface area contributed by atoms with Crippen LogP contribution < -0.4 is 16.2 Å². The summed E-state index contributed by atoms with van der Waals surface area (Å²) in [5, 5.41) is 19.5. The quantitative estimate of drug-likeness (QED) is 0.362. The minimum atomic E-state index is -0.386. The molecule has 2 heterocycles. The van der Waals surface area contributed by atoms with E-state index >= 15 is 0 Å². The SMILES string of the molecule is O=C(Nc1ccsc1C(=O)Nc1ccc(Cl)cn1)c1ccc(C=NNO)cc1. The molecular formula is C18H14ClN5O3S. The molecule has 4 N–H and O–H groups in total. The summed E-state index contributed by atoms with van der Waals surface area (Å²) in [6.07, 6.45) is 2.83. The van der Waals surface area contributed by atoms with Crippen molar-refractivity contribution in [2.75, 3.05) is 10.6 Å². The number of amides is 2. The Bertz CT molecular complexity index is 1000. The van der Waals surface area contributed by atoms with Crippen LogP contribution in [0.1, 0.15) is 25.6 Å². The number of hydrogen-bond donors (Lipinski definition) is 4. The lowest BCUT2D eigenvalue weighted by atomic mass is 10.1. The van der Waals surface area contributed by atoms with E-state index < -0.39 is 0 Å². The number of halogens is 1. The number of nitrogens with zero attached hydrogens (tertiary/aromatic N) is 2. The Morgan fingerprint density at radius 1 is 1.07 bits per heavy atom. The molecule has 10 heteroatoms. The summed E-state index contributed by atoms with van der Waals surface area (Å²) in [6.45, 7) is 0. The molecule has 0 aliphatic rings. The van der Waals surface area contributed by atoms with Gasteiger partial charge in [-0.25, -0.2) is 4.98 Å². The zero-order valence-electron chi connectivity index (χ0n) is 14.2. The second-order valence-corrected chi connectivity index (χ2v) is 6.77. The first-order valence-corrected chi connectivity index (χ1v) is 9.16. The third kappa shape index (κ3) is 4.92. The van der Waals surface area contributed by atoms with Crippen LogP contribution in [0.5, 0.6) is 0 Å². The average molecular weight is 416 g/mol. The lowest BCUT2D eigenvalue weighted by Gasteiger charge is -2.08. The highest BCUT2D eigenvalue weighted by molar-refractivity contribution is 7.12. The van der Waals surface area contributed by atoms with Crippen LogP contribution in [0.4, 0.5) is 11.5 Å². The maximum Gasteiger partial charge on any atom is 0.269 e. The molecule has 0 aliphatic heterocycles. The topological polar surface area (TPSA) is 116 Å². The molecule has 0 atom stereocenters. The van der Waals surface area contributed by atoms with Crippen molar-refractivity contribution in [3.8, 4) is 0 Å². The summed E-state index contributed by atoms with van der Waals surface area (Å²) in [5.74, 6) is -0.390. The number of carbonyl (C=O) groups excluding carboxylic acids is 2. The summed E-state index contributed by atoms with van der Waals surface area (Å²) < 4.78 is 0. The molecule has 0 saturated heterocycles. The van der Waals surface area contributed by atoms with E-state index in [0.717, 1.165) is 0 Å². The number of hydrazone groups is 1. The molecule has 0 unspecified atom stereocenters. The Morgan fingerprint density at radius 2 is 1.86 bits per heavy atom. The minimum Gasteiger partial charge on any atom is -0.320 e. The van der Waals surface area contributed by atoms with E-state index in [4.69, 9.17) is 16.8 Å². The number of thiophene rings is 1. The van der Waals surface area contributed by atoms with Crippen LogP contribution in [0.15, 0.2) is 59.1 Å². The summed E-state index contributed by atoms with van der Waals surface area (Å²) >= 11 is 6.98. The van der Waals surface area contributed by atoms with Crippen LogP contribution in [0, 0.1) is 0 Å². The van der Waals surface area contributed by atoms with E-state index in [0.29, 0.717) is 32.5 Å². The predicted molar refractivity (Wildman–Crippen MR) is 108 cm³/mol. The molecule has 3 aromatic rings. The predicted octanol–water partition coefficient (Wildman–Crippen LogP) is 3.61. The molecular weight excluding hydrogens is 402 g/mol. The fraction of sp³-hybridized carbons (Fsp3) is 0. The van der Waals surface area contributed by atoms with Gasteiger partial charge in [0.05, 0.1) is 16.9 Å². The summed E-state index contributed by atoms with van der Waals surface area (Å²) in [7, 11) is 0. The van der Waals surface area contributed by atoms with Crippen LogP contribution in [0.25, 0.3) is 0 Å². The van der Waals surface area contributed by atoms with Gasteiger partial charge in [-0.15, -0.1) is 11.3 Å². The van der Waals surface area contributed by atoms with E-state index in [-0.39, 0.29) is 11.8 Å². The highest BCUT2D eigenvalue weighted by atomic mass is 35.5. The molecule has 0 bridgehead atoms. The molecule has 1 aromatic carbocycles. The van der Waals surface area contributed by atoms with Crippen LogP contribution >= 0.6 is 22.9 Å². The standard InChI is InChI=1S/C18H14ClN5O3S/c19-13-5-6-15(20-10-13)23-18(26)16-14(7-8-28-16)22-17(25)12-3-1-11(2-4-12)9-21-24-27/h1-10,24,27H,(H,22,25)(H,20,23,26). The number of benzene rings is 1. The molecule has 2 aromatic heterocycles. The van der Waals surface area contributed by atoms with Crippen LogP contribution in [0.2, 0.25) is 5.02 Å². The molecule has 142 valence electrons. The molecule has 28 heavy (non-hydrogen) atoms. The van der Waals surface area contributed by atoms with Gasteiger partial charge in [-0.2, -0.15) is 10.7 Å². The fourth-order valence-corrected chi connectivity index (χ4v) is 3.08. The van der Waals surface area contributed by atoms with Crippen molar-refractivity contribution >= 4 is 52.5 Å². The third-order valence-electron chi connectivity index (χ3n) is 3.53. The van der Waals surface area contributed by atoms with Gasteiger partial charge >= 0.3 is 0 Å². The van der Waals surface area contributed by atoms with Gasteiger partial charge in [-0.05, 0) is 41.3 Å². The van der Waals surface area contributed by atoms with Gasteiger partial charge in [-0.3, -0.25) is 14.8 Å². The second kappa shape index (κ2) is 9.09. The number of aromatic nitrogens is 1. The first-order valence-electron chi connectivity index (χ1n) is 7.91. The van der Waals surface area contributed by atoms with Gasteiger partial charge < -0.3 is 10.6 Å². The Balaban J connectivity index is 1.69. The largest absolute Gasteiger partial charge is 0.320 e. The Kier molecular flexibility index (Phi) is 6.33. The van der Waals surface area contributed by atoms with Crippen molar-refractivity contribution in [3.63, 3.8) is 0 Å². The summed E-state index contributed by atoms with van der Waals surface area (Å²) in [4.78, 5) is 29.3. The van der Waals surface area contributed by atoms with Crippen molar-refractivity contribution in [3.05, 3.63) is 75.1 Å². The fourth-order valence-electron chi connectivity index (χ4n) is 2.22. The number of anilines is 2. The number of pyridine rings is 1. The van der Waals surface area contributed by atoms with Gasteiger partial charge in [0, 0.05) is 11.8 Å². The maximum absolute atomic E-state index is 12.5. The zero-order chi connectivity index (χ0) is 19.9. The normalized spacial score (nSPS) is 10.6. The van der Waals surface area contributed by atoms with Gasteiger partial charge in [0.15, 0.2) is 0 Å². The minimum absolute atomic E-state index is 0.350. The average Bonchev–Trinajstić information content (AvgIpc) is 3.16. The van der Waals surface area contributed by atoms with Crippen molar-refractivity contribution in [2.24, 2.45) is 5.10 Å². The molecule has 8 nitrogen and oxygen atoms in total. The van der Waals surface area contributed by atoms with Crippen LogP contribution in [-0.2, 0) is 0 Å². The van der Waals surface area contributed by atoms with E-state index in [1.54, 1.807) is 53.4 Å². The lowest BCUT2D eigenvalue weighted by Crippen LogP contribution is -2.17. The second-order valence-electron chi connectivity index (χ2n) is 5.41. The Hall–Kier alpha value is -3.27. The number of carbonyl (C=O) groups is 2. The summed E-state index contributed by atoms with van der Waals surface area (Å²) in [5.41, 5.74) is 3.17. The highest BCUT2D eigenvalue weighted by Gasteiger charge is 2.16. The molecule has 2 amide bonds. The Labute approximate surface area is 168 Å². The summed E-state index contributed by atoms with van der Waals surface area (Å²) in [6, 6.07) is 11.4. The first kappa shape index (κ1) is 19.5. The molecule has 3 rings (SSSR count). The van der Waals surface area contributed by atoms with Gasteiger partial charge in [0.2, 0.25) is 0 Å². The van der Waals surface area contributed by atoms with Crippen molar-refractivity contribution in [2.45, 2.75) is 0 Å². The van der Waals surface area contributed by atoms with Crippen LogP contribution in [0.3, 0.4) is 0 Å². The lowest BCUT2D eigenvalue weighted by molar-refractivity contribution is 0.102. The van der Waals surface area contributed by atoms with Crippen molar-refractivity contribution in [1.82, 2.24) is 10.6 Å². The Morgan fingerprint density at radius 3 is 2.54 bits per heavy atom. The first-order chi connectivity index (χ1) is 13.6. The van der Waals surface area contributed by atoms with Gasteiger partial charge in [0.25, 0.3) is 11.8 Å². The van der Waals surface area contributed by atoms with Gasteiger partial charge in [0.1, 0.15) is 10.7 Å². The van der Waals surface area contributed by atoms with Crippen molar-refractivity contribution in [1.29, 1.82) is 0 Å². The molecule has 0 aliphatic carbocycles. The molecule has 0 fully saturated rings. The number of nitrogens with one attached hydrogen (secondary N) is 3. The van der Waals surface area contributed by atoms with Crippen LogP contribution in [-0.4, -0.2) is 28.2 Å². The van der Waals surface area contributed by atoms with E-state index in [1.165, 1.54) is 23.7 Å². The zero-order valence-corrected chi connectivity index (χ0v) is 15.8.